The molecule has 2 aromatic rings. The molecule has 0 fully saturated rings. The van der Waals surface area contributed by atoms with E-state index in [-0.39, 0.29) is 11.9 Å². The highest BCUT2D eigenvalue weighted by atomic mass is 32.1. The Kier molecular flexibility index (Phi) is 5.15. The fraction of sp³-hybridized carbons (Fsp3) is 0.353. The quantitative estimate of drug-likeness (QED) is 0.857. The third-order valence-corrected chi connectivity index (χ3v) is 4.60. The van der Waals surface area contributed by atoms with Crippen LogP contribution in [0.4, 0.5) is 0 Å². The highest BCUT2D eigenvalue weighted by Crippen LogP contribution is 2.25. The molecule has 0 bridgehead atoms. The van der Waals surface area contributed by atoms with Crippen LogP contribution < -0.4 is 11.1 Å². The third kappa shape index (κ3) is 3.71. The predicted molar refractivity (Wildman–Crippen MR) is 88.1 cm³/mol. The average molecular weight is 302 g/mol. The molecule has 0 radical (unpaired) electrons. The average Bonchev–Trinajstić information content (AvgIpc) is 3.01. The van der Waals surface area contributed by atoms with Gasteiger partial charge < -0.3 is 11.1 Å². The van der Waals surface area contributed by atoms with Gasteiger partial charge in [-0.15, -0.1) is 11.3 Å². The van der Waals surface area contributed by atoms with Gasteiger partial charge >= 0.3 is 0 Å². The molecule has 1 amide bonds. The van der Waals surface area contributed by atoms with Gasteiger partial charge in [-0.3, -0.25) is 4.79 Å². The monoisotopic (exact) mass is 302 g/mol. The summed E-state index contributed by atoms with van der Waals surface area (Å²) in [6.45, 7) is 3.88. The molecular formula is C17H22N2OS. The Hall–Kier alpha value is -1.65. The van der Waals surface area contributed by atoms with E-state index in [1.807, 2.05) is 41.8 Å². The van der Waals surface area contributed by atoms with Gasteiger partial charge in [-0.05, 0) is 30.4 Å². The molecule has 21 heavy (non-hydrogen) atoms. The van der Waals surface area contributed by atoms with E-state index in [4.69, 9.17) is 5.73 Å². The van der Waals surface area contributed by atoms with Gasteiger partial charge in [0.1, 0.15) is 5.54 Å². The molecule has 3 nitrogen and oxygen atoms in total. The SMILES string of the molecule is CCCC(NC(=O)C(C)(N)c1ccccc1)c1cccs1. The molecule has 1 heterocycles. The molecule has 0 saturated carbocycles. The molecule has 0 aliphatic heterocycles. The molecule has 2 rings (SSSR count). The van der Waals surface area contributed by atoms with E-state index < -0.39 is 5.54 Å². The van der Waals surface area contributed by atoms with Crippen molar-refractivity contribution in [2.24, 2.45) is 5.73 Å². The van der Waals surface area contributed by atoms with Crippen molar-refractivity contribution >= 4 is 17.2 Å². The lowest BCUT2D eigenvalue weighted by Gasteiger charge is -2.27. The van der Waals surface area contributed by atoms with E-state index >= 15 is 0 Å². The van der Waals surface area contributed by atoms with Gasteiger partial charge in [0.15, 0.2) is 0 Å². The Morgan fingerprint density at radius 2 is 2.00 bits per heavy atom. The summed E-state index contributed by atoms with van der Waals surface area (Å²) in [5, 5.41) is 5.14. The second-order valence-electron chi connectivity index (χ2n) is 5.40. The standard InChI is InChI=1S/C17H22N2OS/c1-3-8-14(15-11-7-12-21-15)19-16(20)17(2,18)13-9-5-4-6-10-13/h4-7,9-12,14H,3,8,18H2,1-2H3,(H,19,20). The van der Waals surface area contributed by atoms with Crippen molar-refractivity contribution in [3.63, 3.8) is 0 Å². The number of hydrogen-bond donors (Lipinski definition) is 2. The van der Waals surface area contributed by atoms with Gasteiger partial charge in [-0.2, -0.15) is 0 Å². The van der Waals surface area contributed by atoms with Crippen molar-refractivity contribution in [2.75, 3.05) is 0 Å². The summed E-state index contributed by atoms with van der Waals surface area (Å²) in [5.74, 6) is -0.138. The highest BCUT2D eigenvalue weighted by molar-refractivity contribution is 7.10. The van der Waals surface area contributed by atoms with Gasteiger partial charge in [0.05, 0.1) is 6.04 Å². The van der Waals surface area contributed by atoms with E-state index in [0.717, 1.165) is 18.4 Å². The van der Waals surface area contributed by atoms with Crippen LogP contribution in [0.15, 0.2) is 47.8 Å². The van der Waals surface area contributed by atoms with Gasteiger partial charge in [0.2, 0.25) is 5.91 Å². The van der Waals surface area contributed by atoms with Crippen molar-refractivity contribution in [3.8, 4) is 0 Å². The zero-order chi connectivity index (χ0) is 15.3. The normalized spacial score (nSPS) is 15.2. The Bertz CT molecular complexity index is 564. The number of nitrogens with one attached hydrogen (secondary N) is 1. The molecule has 0 spiro atoms. The molecule has 2 unspecified atom stereocenters. The van der Waals surface area contributed by atoms with E-state index in [0.29, 0.717) is 0 Å². The molecule has 4 heteroatoms. The van der Waals surface area contributed by atoms with Gasteiger partial charge in [0, 0.05) is 4.88 Å². The van der Waals surface area contributed by atoms with E-state index in [1.54, 1.807) is 18.3 Å². The smallest absolute Gasteiger partial charge is 0.244 e. The summed E-state index contributed by atoms with van der Waals surface area (Å²) in [5.41, 5.74) is 6.07. The first-order valence-electron chi connectivity index (χ1n) is 7.24. The predicted octanol–water partition coefficient (Wildman–Crippen LogP) is 3.58. The molecule has 0 aliphatic carbocycles. The van der Waals surface area contributed by atoms with Crippen molar-refractivity contribution in [3.05, 3.63) is 58.3 Å². The van der Waals surface area contributed by atoms with Crippen LogP contribution >= 0.6 is 11.3 Å². The highest BCUT2D eigenvalue weighted by Gasteiger charge is 2.32. The minimum atomic E-state index is -1.02. The van der Waals surface area contributed by atoms with E-state index in [2.05, 4.69) is 18.3 Å². The number of carbonyl (C=O) groups excluding carboxylic acids is 1. The van der Waals surface area contributed by atoms with Crippen molar-refractivity contribution in [1.82, 2.24) is 5.32 Å². The summed E-state index contributed by atoms with van der Waals surface area (Å²) in [6.07, 6.45) is 1.92. The van der Waals surface area contributed by atoms with Crippen molar-refractivity contribution in [1.29, 1.82) is 0 Å². The van der Waals surface area contributed by atoms with Crippen LogP contribution in [0, 0.1) is 0 Å². The number of hydrogen-bond acceptors (Lipinski definition) is 3. The van der Waals surface area contributed by atoms with Crippen LogP contribution in [0.1, 0.15) is 43.2 Å². The molecule has 2 atom stereocenters. The van der Waals surface area contributed by atoms with Crippen LogP contribution in [-0.2, 0) is 10.3 Å². The number of carbonyl (C=O) groups is 1. The molecule has 0 saturated heterocycles. The number of thiophene rings is 1. The van der Waals surface area contributed by atoms with Gasteiger partial charge in [0.25, 0.3) is 0 Å². The van der Waals surface area contributed by atoms with Crippen LogP contribution in [0.3, 0.4) is 0 Å². The largest absolute Gasteiger partial charge is 0.347 e. The number of nitrogens with two attached hydrogens (primary N) is 1. The third-order valence-electron chi connectivity index (χ3n) is 3.61. The second kappa shape index (κ2) is 6.87. The molecule has 1 aromatic heterocycles. The van der Waals surface area contributed by atoms with Crippen LogP contribution in [0.2, 0.25) is 0 Å². The van der Waals surface area contributed by atoms with Gasteiger partial charge in [-0.25, -0.2) is 0 Å². The van der Waals surface area contributed by atoms with Crippen molar-refractivity contribution in [2.45, 2.75) is 38.3 Å². The maximum Gasteiger partial charge on any atom is 0.244 e. The molecule has 1 aromatic carbocycles. The zero-order valence-electron chi connectivity index (χ0n) is 12.5. The topological polar surface area (TPSA) is 55.1 Å². The molecular weight excluding hydrogens is 280 g/mol. The summed E-state index contributed by atoms with van der Waals surface area (Å²) in [6, 6.07) is 13.6. The van der Waals surface area contributed by atoms with Crippen LogP contribution in [0.5, 0.6) is 0 Å². The summed E-state index contributed by atoms with van der Waals surface area (Å²) in [4.78, 5) is 13.8. The number of benzene rings is 1. The Morgan fingerprint density at radius 1 is 1.29 bits per heavy atom. The van der Waals surface area contributed by atoms with Gasteiger partial charge in [-0.1, -0.05) is 49.7 Å². The minimum Gasteiger partial charge on any atom is -0.347 e. The first-order valence-corrected chi connectivity index (χ1v) is 8.12. The molecule has 112 valence electrons. The maximum atomic E-state index is 12.6. The lowest BCUT2D eigenvalue weighted by atomic mass is 9.91. The van der Waals surface area contributed by atoms with Crippen LogP contribution in [-0.4, -0.2) is 5.91 Å². The number of rotatable bonds is 6. The van der Waals surface area contributed by atoms with E-state index in [1.165, 1.54) is 4.88 Å². The van der Waals surface area contributed by atoms with E-state index in [9.17, 15) is 4.79 Å². The second-order valence-corrected chi connectivity index (χ2v) is 6.38. The summed E-state index contributed by atoms with van der Waals surface area (Å²) >= 11 is 1.66. The molecule has 0 aliphatic rings. The zero-order valence-corrected chi connectivity index (χ0v) is 13.3. The number of amides is 1. The first kappa shape index (κ1) is 15.7. The Labute approximate surface area is 130 Å². The Balaban J connectivity index is 2.15. The lowest BCUT2D eigenvalue weighted by Crippen LogP contribution is -2.49. The maximum absolute atomic E-state index is 12.6. The van der Waals surface area contributed by atoms with Crippen molar-refractivity contribution < 1.29 is 4.79 Å². The fourth-order valence-electron chi connectivity index (χ4n) is 2.29. The van der Waals surface area contributed by atoms with Crippen LogP contribution in [0.25, 0.3) is 0 Å². The summed E-state index contributed by atoms with van der Waals surface area (Å²) < 4.78 is 0. The lowest BCUT2D eigenvalue weighted by molar-refractivity contribution is -0.126. The fourth-order valence-corrected chi connectivity index (χ4v) is 3.10. The minimum absolute atomic E-state index is 0.0362. The summed E-state index contributed by atoms with van der Waals surface area (Å²) in [7, 11) is 0. The Morgan fingerprint density at radius 3 is 2.57 bits per heavy atom. The first-order chi connectivity index (χ1) is 10.1. The molecule has 3 N–H and O–H groups in total.